The highest BCUT2D eigenvalue weighted by atomic mass is 16.5. The first-order chi connectivity index (χ1) is 16.7. The molecule has 0 atom stereocenters. The molecular formula is C27H33N5O2. The van der Waals surface area contributed by atoms with Crippen LogP contribution in [0.5, 0.6) is 5.75 Å². The fourth-order valence-electron chi connectivity index (χ4n) is 5.00. The molecular weight excluding hydrogens is 426 g/mol. The van der Waals surface area contributed by atoms with E-state index < -0.39 is 0 Å². The molecule has 1 aromatic heterocycles. The minimum atomic E-state index is 0.0301. The molecule has 0 saturated carbocycles. The number of fused-ring (bicyclic) bond motifs is 1. The second-order valence-electron chi connectivity index (χ2n) is 9.02. The number of piperazine rings is 1. The van der Waals surface area contributed by atoms with E-state index in [2.05, 4.69) is 32.1 Å². The highest BCUT2D eigenvalue weighted by Gasteiger charge is 2.27. The molecule has 0 unspecified atom stereocenters. The van der Waals surface area contributed by atoms with Crippen molar-refractivity contribution in [3.05, 3.63) is 54.1 Å². The fraction of sp³-hybridized carbons (Fsp3) is 0.444. The van der Waals surface area contributed by atoms with E-state index in [1.807, 2.05) is 48.2 Å². The van der Waals surface area contributed by atoms with Crippen molar-refractivity contribution in [3.63, 3.8) is 0 Å². The van der Waals surface area contributed by atoms with Gasteiger partial charge in [0.2, 0.25) is 0 Å². The number of hydrogen-bond donors (Lipinski definition) is 0. The van der Waals surface area contributed by atoms with Gasteiger partial charge in [0.15, 0.2) is 11.6 Å². The number of nitrogens with zero attached hydrogens (tertiary/aromatic N) is 5. The molecule has 2 fully saturated rings. The van der Waals surface area contributed by atoms with Crippen molar-refractivity contribution in [1.82, 2.24) is 15.1 Å². The third-order valence-electron chi connectivity index (χ3n) is 6.86. The summed E-state index contributed by atoms with van der Waals surface area (Å²) in [4.78, 5) is 20.1. The van der Waals surface area contributed by atoms with Gasteiger partial charge in [-0.2, -0.15) is 0 Å². The molecule has 0 radical (unpaired) electrons. The maximum Gasteiger partial charge on any atom is 0.258 e. The summed E-state index contributed by atoms with van der Waals surface area (Å²) in [6, 6.07) is 16.1. The number of carbonyl (C=O) groups is 1. The predicted molar refractivity (Wildman–Crippen MR) is 136 cm³/mol. The number of anilines is 2. The number of aromatic nitrogens is 2. The minimum absolute atomic E-state index is 0.0301. The van der Waals surface area contributed by atoms with Crippen LogP contribution < -0.4 is 14.5 Å². The van der Waals surface area contributed by atoms with E-state index in [0.717, 1.165) is 48.6 Å². The molecule has 2 aliphatic heterocycles. The lowest BCUT2D eigenvalue weighted by atomic mass is 10.0. The van der Waals surface area contributed by atoms with Gasteiger partial charge in [-0.1, -0.05) is 43.2 Å². The molecule has 3 heterocycles. The van der Waals surface area contributed by atoms with Gasteiger partial charge < -0.3 is 19.4 Å². The van der Waals surface area contributed by atoms with E-state index >= 15 is 0 Å². The number of carbonyl (C=O) groups excluding carboxylic acids is 1. The molecule has 2 aromatic carbocycles. The maximum atomic E-state index is 13.6. The van der Waals surface area contributed by atoms with Gasteiger partial charge in [-0.05, 0) is 48.7 Å². The molecule has 0 spiro atoms. The van der Waals surface area contributed by atoms with Gasteiger partial charge in [-0.15, -0.1) is 10.2 Å². The topological polar surface area (TPSA) is 61.8 Å². The van der Waals surface area contributed by atoms with E-state index in [9.17, 15) is 4.79 Å². The van der Waals surface area contributed by atoms with E-state index in [1.165, 1.54) is 25.7 Å². The molecule has 0 bridgehead atoms. The first-order valence-electron chi connectivity index (χ1n) is 12.5. The van der Waals surface area contributed by atoms with E-state index in [-0.39, 0.29) is 5.91 Å². The number of ether oxygens (including phenoxy) is 1. The van der Waals surface area contributed by atoms with Crippen LogP contribution in [0.2, 0.25) is 0 Å². The van der Waals surface area contributed by atoms with Crippen molar-refractivity contribution >= 4 is 28.3 Å². The Morgan fingerprint density at radius 1 is 0.794 bits per heavy atom. The molecule has 7 heteroatoms. The maximum absolute atomic E-state index is 13.6. The Morgan fingerprint density at radius 2 is 1.44 bits per heavy atom. The van der Waals surface area contributed by atoms with Crippen molar-refractivity contribution in [2.75, 3.05) is 55.7 Å². The van der Waals surface area contributed by atoms with Crippen LogP contribution in [0.1, 0.15) is 43.0 Å². The summed E-state index contributed by atoms with van der Waals surface area (Å²) >= 11 is 0. The van der Waals surface area contributed by atoms with Gasteiger partial charge in [0.05, 0.1) is 12.2 Å². The van der Waals surface area contributed by atoms with Crippen molar-refractivity contribution in [2.45, 2.75) is 32.6 Å². The lowest BCUT2D eigenvalue weighted by Gasteiger charge is -2.35. The second-order valence-corrected chi connectivity index (χ2v) is 9.02. The third kappa shape index (κ3) is 4.65. The zero-order valence-electron chi connectivity index (χ0n) is 19.9. The van der Waals surface area contributed by atoms with Gasteiger partial charge in [0.25, 0.3) is 5.91 Å². The smallest absolute Gasteiger partial charge is 0.258 e. The van der Waals surface area contributed by atoms with Gasteiger partial charge in [-0.3, -0.25) is 4.79 Å². The lowest BCUT2D eigenvalue weighted by molar-refractivity contribution is 0.0744. The molecule has 5 rings (SSSR count). The number of rotatable bonds is 5. The molecule has 1 amide bonds. The zero-order valence-corrected chi connectivity index (χ0v) is 19.9. The van der Waals surface area contributed by atoms with Crippen LogP contribution >= 0.6 is 0 Å². The number of amides is 1. The molecule has 178 valence electrons. The summed E-state index contributed by atoms with van der Waals surface area (Å²) in [6.07, 6.45) is 5.05. The number of benzene rings is 2. The van der Waals surface area contributed by atoms with Crippen LogP contribution in [0.15, 0.2) is 48.5 Å². The van der Waals surface area contributed by atoms with Crippen LogP contribution in [-0.4, -0.2) is 66.9 Å². The molecule has 7 nitrogen and oxygen atoms in total. The SMILES string of the molecule is CCOc1ccc2ccccc2c1C(=O)N1CCN(c2ccc(N3CCCCCC3)nn2)CC1. The highest BCUT2D eigenvalue weighted by molar-refractivity contribution is 6.09. The third-order valence-corrected chi connectivity index (χ3v) is 6.86. The quantitative estimate of drug-likeness (QED) is 0.565. The van der Waals surface area contributed by atoms with Crippen molar-refractivity contribution < 1.29 is 9.53 Å². The Balaban J connectivity index is 1.27. The Hall–Kier alpha value is -3.35. The van der Waals surface area contributed by atoms with Crippen molar-refractivity contribution in [3.8, 4) is 5.75 Å². The standard InChI is InChI=1S/C27H33N5O2/c1-2-34-23-12-11-21-9-5-6-10-22(21)26(23)27(33)32-19-17-31(18-20-32)25-14-13-24(28-29-25)30-15-7-3-4-8-16-30/h5-6,9-14H,2-4,7-8,15-20H2,1H3. The summed E-state index contributed by atoms with van der Waals surface area (Å²) < 4.78 is 5.84. The fourth-order valence-corrected chi connectivity index (χ4v) is 5.00. The first kappa shape index (κ1) is 22.4. The van der Waals surface area contributed by atoms with E-state index in [0.29, 0.717) is 31.0 Å². The van der Waals surface area contributed by atoms with Crippen LogP contribution in [0, 0.1) is 0 Å². The summed E-state index contributed by atoms with van der Waals surface area (Å²) in [5.74, 6) is 2.54. The predicted octanol–water partition coefficient (Wildman–Crippen LogP) is 4.37. The molecule has 3 aromatic rings. The Bertz CT molecular complexity index is 1120. The average molecular weight is 460 g/mol. The van der Waals surface area contributed by atoms with Gasteiger partial charge in [0, 0.05) is 39.3 Å². The van der Waals surface area contributed by atoms with Gasteiger partial charge in [-0.25, -0.2) is 0 Å². The Kier molecular flexibility index (Phi) is 6.79. The van der Waals surface area contributed by atoms with Crippen LogP contribution in [0.3, 0.4) is 0 Å². The van der Waals surface area contributed by atoms with Crippen LogP contribution in [0.25, 0.3) is 10.8 Å². The van der Waals surface area contributed by atoms with E-state index in [4.69, 9.17) is 4.74 Å². The monoisotopic (exact) mass is 459 g/mol. The van der Waals surface area contributed by atoms with Gasteiger partial charge in [0.1, 0.15) is 5.75 Å². The molecule has 0 N–H and O–H groups in total. The normalized spacial score (nSPS) is 17.0. The lowest BCUT2D eigenvalue weighted by Crippen LogP contribution is -2.49. The second kappa shape index (κ2) is 10.3. The Labute approximate surface area is 201 Å². The van der Waals surface area contributed by atoms with E-state index in [1.54, 1.807) is 0 Å². The largest absolute Gasteiger partial charge is 0.493 e. The van der Waals surface area contributed by atoms with Crippen LogP contribution in [-0.2, 0) is 0 Å². The van der Waals surface area contributed by atoms with Crippen molar-refractivity contribution in [1.29, 1.82) is 0 Å². The summed E-state index contributed by atoms with van der Waals surface area (Å²) in [5, 5.41) is 11.0. The highest BCUT2D eigenvalue weighted by Crippen LogP contribution is 2.30. The molecule has 2 saturated heterocycles. The number of hydrogen-bond acceptors (Lipinski definition) is 6. The molecule has 34 heavy (non-hydrogen) atoms. The summed E-state index contributed by atoms with van der Waals surface area (Å²) in [5.41, 5.74) is 0.662. The summed E-state index contributed by atoms with van der Waals surface area (Å²) in [7, 11) is 0. The minimum Gasteiger partial charge on any atom is -0.493 e. The zero-order chi connectivity index (χ0) is 23.3. The van der Waals surface area contributed by atoms with Gasteiger partial charge >= 0.3 is 0 Å². The first-order valence-corrected chi connectivity index (χ1v) is 12.5. The average Bonchev–Trinajstić information content (AvgIpc) is 3.18. The van der Waals surface area contributed by atoms with Crippen LogP contribution in [0.4, 0.5) is 11.6 Å². The molecule has 2 aliphatic rings. The molecule has 0 aliphatic carbocycles. The summed E-state index contributed by atoms with van der Waals surface area (Å²) in [6.45, 7) is 7.35. The van der Waals surface area contributed by atoms with Crippen molar-refractivity contribution in [2.24, 2.45) is 0 Å². The Morgan fingerprint density at radius 3 is 2.09 bits per heavy atom.